The van der Waals surface area contributed by atoms with Gasteiger partial charge in [0.15, 0.2) is 0 Å². The van der Waals surface area contributed by atoms with E-state index in [1.54, 1.807) is 38.1 Å². The highest BCUT2D eigenvalue weighted by Gasteiger charge is 2.42. The number of aliphatic hydroxyl groups excluding tert-OH is 2. The van der Waals surface area contributed by atoms with Gasteiger partial charge in [0.1, 0.15) is 11.7 Å². The number of hydrogen-bond donors (Lipinski definition) is 6. The SMILES string of the molecule is CC(C)(CO)NC(=O)C1CC2CCCCC2CN1CC(O)C(Cc1ccccc1)NC(=O)C(CC(N)=O)NC(=O)c1ccc2ccccc2n1. The van der Waals surface area contributed by atoms with Crippen LogP contribution in [0.1, 0.15) is 68.4 Å². The first kappa shape index (κ1) is 36.9. The Hall–Kier alpha value is -4.39. The van der Waals surface area contributed by atoms with E-state index in [1.165, 1.54) is 0 Å². The Morgan fingerprint density at radius 2 is 1.66 bits per heavy atom. The fourth-order valence-electron chi connectivity index (χ4n) is 7.27. The molecule has 12 heteroatoms. The molecule has 2 aliphatic rings. The number of pyridine rings is 1. The molecule has 7 N–H and O–H groups in total. The van der Waals surface area contributed by atoms with E-state index in [0.29, 0.717) is 30.3 Å². The molecule has 0 radical (unpaired) electrons. The van der Waals surface area contributed by atoms with Crippen LogP contribution in [0, 0.1) is 11.8 Å². The lowest BCUT2D eigenvalue weighted by molar-refractivity contribution is -0.134. The van der Waals surface area contributed by atoms with Crippen molar-refractivity contribution in [2.75, 3.05) is 19.7 Å². The van der Waals surface area contributed by atoms with Crippen molar-refractivity contribution in [3.8, 4) is 0 Å². The van der Waals surface area contributed by atoms with Crippen molar-refractivity contribution < 1.29 is 29.4 Å². The number of amides is 4. The van der Waals surface area contributed by atoms with Crippen molar-refractivity contribution in [2.45, 2.75) is 88.6 Å². The molecule has 1 saturated carbocycles. The maximum absolute atomic E-state index is 13.8. The summed E-state index contributed by atoms with van der Waals surface area (Å²) in [7, 11) is 0. The van der Waals surface area contributed by atoms with Crippen LogP contribution in [0.2, 0.25) is 0 Å². The third-order valence-electron chi connectivity index (χ3n) is 10.0. The van der Waals surface area contributed by atoms with Crippen molar-refractivity contribution in [2.24, 2.45) is 17.6 Å². The third-order valence-corrected chi connectivity index (χ3v) is 10.0. The molecule has 268 valence electrons. The molecule has 50 heavy (non-hydrogen) atoms. The molecule has 6 atom stereocenters. The summed E-state index contributed by atoms with van der Waals surface area (Å²) in [6.45, 7) is 4.04. The largest absolute Gasteiger partial charge is 0.394 e. The second-order valence-electron chi connectivity index (χ2n) is 14.5. The molecule has 4 amide bonds. The van der Waals surface area contributed by atoms with Gasteiger partial charge in [0.05, 0.1) is 42.3 Å². The number of carbonyl (C=O) groups is 4. The molecular formula is C38H50N6O6. The average Bonchev–Trinajstić information content (AvgIpc) is 3.10. The van der Waals surface area contributed by atoms with Crippen LogP contribution >= 0.6 is 0 Å². The average molecular weight is 687 g/mol. The summed E-state index contributed by atoms with van der Waals surface area (Å²) in [4.78, 5) is 59.3. The van der Waals surface area contributed by atoms with E-state index < -0.39 is 53.9 Å². The lowest BCUT2D eigenvalue weighted by atomic mass is 9.72. The molecule has 2 aromatic carbocycles. The predicted octanol–water partition coefficient (Wildman–Crippen LogP) is 2.06. The number of para-hydroxylation sites is 1. The third kappa shape index (κ3) is 9.64. The summed E-state index contributed by atoms with van der Waals surface area (Å²) in [5.41, 5.74) is 6.24. The van der Waals surface area contributed by atoms with Gasteiger partial charge in [-0.25, -0.2) is 4.98 Å². The van der Waals surface area contributed by atoms with Crippen LogP contribution in [0.3, 0.4) is 0 Å². The van der Waals surface area contributed by atoms with Gasteiger partial charge in [-0.2, -0.15) is 0 Å². The van der Waals surface area contributed by atoms with Crippen LogP contribution in [0.25, 0.3) is 10.9 Å². The molecule has 2 heterocycles. The summed E-state index contributed by atoms with van der Waals surface area (Å²) >= 11 is 0. The highest BCUT2D eigenvalue weighted by molar-refractivity contribution is 5.99. The second kappa shape index (κ2) is 16.5. The lowest BCUT2D eigenvalue weighted by Gasteiger charge is -2.47. The van der Waals surface area contributed by atoms with E-state index in [4.69, 9.17) is 5.73 Å². The van der Waals surface area contributed by atoms with Crippen molar-refractivity contribution >= 4 is 34.5 Å². The van der Waals surface area contributed by atoms with Crippen LogP contribution in [0.4, 0.5) is 0 Å². The smallest absolute Gasteiger partial charge is 0.270 e. The zero-order chi connectivity index (χ0) is 35.8. The Morgan fingerprint density at radius 1 is 0.960 bits per heavy atom. The summed E-state index contributed by atoms with van der Waals surface area (Å²) in [5.74, 6) is -1.51. The van der Waals surface area contributed by atoms with Gasteiger partial charge in [-0.1, -0.05) is 73.9 Å². The first-order valence-corrected chi connectivity index (χ1v) is 17.6. The molecule has 0 spiro atoms. The van der Waals surface area contributed by atoms with Crippen molar-refractivity contribution in [3.63, 3.8) is 0 Å². The Balaban J connectivity index is 1.36. The quantitative estimate of drug-likeness (QED) is 0.149. The summed E-state index contributed by atoms with van der Waals surface area (Å²) in [6, 6.07) is 17.3. The minimum Gasteiger partial charge on any atom is -0.394 e. The molecule has 6 unspecified atom stereocenters. The Labute approximate surface area is 293 Å². The molecule has 12 nitrogen and oxygen atoms in total. The minimum atomic E-state index is -1.32. The fourth-order valence-corrected chi connectivity index (χ4v) is 7.27. The topological polar surface area (TPSA) is 187 Å². The van der Waals surface area contributed by atoms with Crippen LogP contribution in [-0.4, -0.2) is 93.2 Å². The Morgan fingerprint density at radius 3 is 2.38 bits per heavy atom. The molecule has 0 bridgehead atoms. The van der Waals surface area contributed by atoms with Crippen molar-refractivity contribution in [3.05, 3.63) is 78.0 Å². The lowest BCUT2D eigenvalue weighted by Crippen LogP contribution is -2.61. The first-order valence-electron chi connectivity index (χ1n) is 17.6. The van der Waals surface area contributed by atoms with Crippen molar-refractivity contribution in [1.29, 1.82) is 0 Å². The standard InChI is InChI=1S/C38H50N6O6/c1-38(2,23-45)43-37(50)32-19-26-13-6-7-14-27(26)21-44(32)22-33(46)30(18-24-10-4-3-5-11-24)41-36(49)31(20-34(39)47)42-35(48)29-17-16-25-12-8-9-15-28(25)40-29/h3-5,8-12,15-17,26-27,30-33,45-46H,6-7,13-14,18-23H2,1-2H3,(H2,39,47)(H,41,49)(H,42,48)(H,43,50). The van der Waals surface area contributed by atoms with Crippen molar-refractivity contribution in [1.82, 2.24) is 25.8 Å². The van der Waals surface area contributed by atoms with Gasteiger partial charge in [-0.15, -0.1) is 0 Å². The molecule has 1 aliphatic heterocycles. The number of likely N-dealkylation sites (tertiary alicyclic amines) is 1. The predicted molar refractivity (Wildman–Crippen MR) is 190 cm³/mol. The molecular weight excluding hydrogens is 636 g/mol. The maximum atomic E-state index is 13.8. The van der Waals surface area contributed by atoms with Gasteiger partial charge in [-0.3, -0.25) is 24.1 Å². The number of β-amino-alcohol motifs (C(OH)–C–C–N with tert-alkyl or cyclic N) is 1. The minimum absolute atomic E-state index is 0.0756. The second-order valence-corrected chi connectivity index (χ2v) is 14.5. The number of fused-ring (bicyclic) bond motifs is 2. The van der Waals surface area contributed by atoms with Crippen LogP contribution in [0.5, 0.6) is 0 Å². The zero-order valence-electron chi connectivity index (χ0n) is 28.9. The highest BCUT2D eigenvalue weighted by Crippen LogP contribution is 2.39. The summed E-state index contributed by atoms with van der Waals surface area (Å²) in [6.07, 6.45) is 3.69. The number of aliphatic hydroxyl groups is 2. The number of aromatic nitrogens is 1. The van der Waals surface area contributed by atoms with E-state index in [-0.39, 0.29) is 31.2 Å². The van der Waals surface area contributed by atoms with Gasteiger partial charge in [0.25, 0.3) is 5.91 Å². The van der Waals surface area contributed by atoms with Crippen LogP contribution in [0.15, 0.2) is 66.7 Å². The summed E-state index contributed by atoms with van der Waals surface area (Å²) in [5, 5.41) is 31.0. The maximum Gasteiger partial charge on any atom is 0.270 e. The van der Waals surface area contributed by atoms with Gasteiger partial charge < -0.3 is 31.9 Å². The van der Waals surface area contributed by atoms with Crippen LogP contribution < -0.4 is 21.7 Å². The van der Waals surface area contributed by atoms with Gasteiger partial charge in [-0.05, 0) is 62.6 Å². The first-order chi connectivity index (χ1) is 23.9. The molecule has 1 aliphatic carbocycles. The number of carbonyl (C=O) groups excluding carboxylic acids is 4. The normalized spacial score (nSPS) is 21.3. The zero-order valence-corrected chi connectivity index (χ0v) is 28.9. The number of piperidine rings is 1. The fraction of sp³-hybridized carbons (Fsp3) is 0.500. The highest BCUT2D eigenvalue weighted by atomic mass is 16.3. The van der Waals surface area contributed by atoms with E-state index in [0.717, 1.165) is 36.6 Å². The Kier molecular flexibility index (Phi) is 12.2. The summed E-state index contributed by atoms with van der Waals surface area (Å²) < 4.78 is 0. The molecule has 2 fully saturated rings. The van der Waals surface area contributed by atoms with Gasteiger partial charge >= 0.3 is 0 Å². The van der Waals surface area contributed by atoms with E-state index in [1.807, 2.05) is 47.4 Å². The number of nitrogens with two attached hydrogens (primary N) is 1. The van der Waals surface area contributed by atoms with E-state index in [9.17, 15) is 29.4 Å². The number of primary amides is 1. The van der Waals surface area contributed by atoms with E-state index in [2.05, 4.69) is 20.9 Å². The van der Waals surface area contributed by atoms with Gasteiger partial charge in [0.2, 0.25) is 17.7 Å². The molecule has 5 rings (SSSR count). The number of hydrogen-bond acceptors (Lipinski definition) is 8. The molecule has 1 saturated heterocycles. The van der Waals surface area contributed by atoms with Crippen LogP contribution in [-0.2, 0) is 20.8 Å². The monoisotopic (exact) mass is 686 g/mol. The molecule has 1 aromatic heterocycles. The number of benzene rings is 2. The number of nitrogens with one attached hydrogen (secondary N) is 3. The van der Waals surface area contributed by atoms with Gasteiger partial charge in [0, 0.05) is 18.5 Å². The number of nitrogens with zero attached hydrogens (tertiary/aromatic N) is 2. The number of rotatable bonds is 14. The van der Waals surface area contributed by atoms with E-state index >= 15 is 0 Å². The molecule has 3 aromatic rings. The Bertz CT molecular complexity index is 1650.